The van der Waals surface area contributed by atoms with Crippen molar-refractivity contribution in [2.45, 2.75) is 38.8 Å². The Morgan fingerprint density at radius 2 is 2.00 bits per heavy atom. The summed E-state index contributed by atoms with van der Waals surface area (Å²) < 4.78 is 0. The van der Waals surface area contributed by atoms with Gasteiger partial charge in [0.2, 0.25) is 11.8 Å². The summed E-state index contributed by atoms with van der Waals surface area (Å²) in [5.74, 6) is -2.68. The highest BCUT2D eigenvalue weighted by Gasteiger charge is 2.29. The van der Waals surface area contributed by atoms with Gasteiger partial charge < -0.3 is 15.7 Å². The number of hydrogen-bond acceptors (Lipinski definition) is 4. The summed E-state index contributed by atoms with van der Waals surface area (Å²) in [5, 5.41) is 15.8. The van der Waals surface area contributed by atoms with Crippen LogP contribution in [0.4, 0.5) is 4.79 Å². The maximum absolute atomic E-state index is 11.6. The van der Waals surface area contributed by atoms with E-state index in [-0.39, 0.29) is 18.7 Å². The van der Waals surface area contributed by atoms with Crippen LogP contribution in [0.15, 0.2) is 0 Å². The standard InChI is InChI=1S/C11H17N3O5/c1-5(10(17)18)6(2)12-11(19)13-7-3-4-8(15)14-9(7)16/h5-7H,3-4H2,1-2H3,(H,17,18)(H2,12,13,19)(H,14,15,16). The highest BCUT2D eigenvalue weighted by atomic mass is 16.4. The Balaban J connectivity index is 2.45. The first-order chi connectivity index (χ1) is 8.81. The third-order valence-corrected chi connectivity index (χ3v) is 3.04. The molecule has 0 saturated carbocycles. The lowest BCUT2D eigenvalue weighted by Crippen LogP contribution is -2.56. The van der Waals surface area contributed by atoms with E-state index in [4.69, 9.17) is 5.11 Å². The molecule has 0 aliphatic carbocycles. The molecule has 4 N–H and O–H groups in total. The number of hydrogen-bond donors (Lipinski definition) is 4. The van der Waals surface area contributed by atoms with E-state index in [1.807, 2.05) is 0 Å². The Hall–Kier alpha value is -2.12. The molecule has 1 saturated heterocycles. The van der Waals surface area contributed by atoms with Gasteiger partial charge in [-0.05, 0) is 20.3 Å². The van der Waals surface area contributed by atoms with E-state index in [0.29, 0.717) is 0 Å². The molecule has 1 rings (SSSR count). The lowest BCUT2D eigenvalue weighted by atomic mass is 10.0. The molecule has 1 aliphatic rings. The van der Waals surface area contributed by atoms with E-state index in [2.05, 4.69) is 16.0 Å². The quantitative estimate of drug-likeness (QED) is 0.498. The molecule has 3 unspecified atom stereocenters. The topological polar surface area (TPSA) is 125 Å². The van der Waals surface area contributed by atoms with E-state index in [1.165, 1.54) is 6.92 Å². The average molecular weight is 271 g/mol. The minimum absolute atomic E-state index is 0.164. The predicted molar refractivity (Wildman–Crippen MR) is 64.1 cm³/mol. The first kappa shape index (κ1) is 14.9. The zero-order valence-corrected chi connectivity index (χ0v) is 10.7. The smallest absolute Gasteiger partial charge is 0.315 e. The molecule has 1 aliphatic heterocycles. The van der Waals surface area contributed by atoms with Crippen molar-refractivity contribution in [2.24, 2.45) is 5.92 Å². The van der Waals surface area contributed by atoms with Crippen LogP contribution in [0, 0.1) is 5.92 Å². The molecule has 1 heterocycles. The van der Waals surface area contributed by atoms with E-state index >= 15 is 0 Å². The second kappa shape index (κ2) is 6.17. The van der Waals surface area contributed by atoms with E-state index < -0.39 is 35.9 Å². The highest BCUT2D eigenvalue weighted by Crippen LogP contribution is 2.05. The molecule has 3 atom stereocenters. The Kier molecular flexibility index (Phi) is 4.85. The fourth-order valence-electron chi connectivity index (χ4n) is 1.58. The molecule has 0 bridgehead atoms. The van der Waals surface area contributed by atoms with Crippen LogP contribution in [0.3, 0.4) is 0 Å². The van der Waals surface area contributed by atoms with Crippen LogP contribution in [0.25, 0.3) is 0 Å². The zero-order chi connectivity index (χ0) is 14.6. The van der Waals surface area contributed by atoms with Gasteiger partial charge in [0.25, 0.3) is 0 Å². The Labute approximate surface area is 109 Å². The number of carbonyl (C=O) groups excluding carboxylic acids is 3. The van der Waals surface area contributed by atoms with Gasteiger partial charge in [0.05, 0.1) is 5.92 Å². The zero-order valence-electron chi connectivity index (χ0n) is 10.7. The van der Waals surface area contributed by atoms with Crippen molar-refractivity contribution in [3.63, 3.8) is 0 Å². The average Bonchev–Trinajstić information content (AvgIpc) is 2.31. The number of aliphatic carboxylic acids is 1. The van der Waals surface area contributed by atoms with Crippen molar-refractivity contribution in [1.82, 2.24) is 16.0 Å². The molecule has 8 heteroatoms. The first-order valence-corrected chi connectivity index (χ1v) is 5.94. The number of carboxylic acids is 1. The van der Waals surface area contributed by atoms with Crippen LogP contribution >= 0.6 is 0 Å². The number of carbonyl (C=O) groups is 4. The van der Waals surface area contributed by atoms with Gasteiger partial charge >= 0.3 is 12.0 Å². The van der Waals surface area contributed by atoms with Crippen molar-refractivity contribution in [2.75, 3.05) is 0 Å². The van der Waals surface area contributed by atoms with Crippen LogP contribution in [0.2, 0.25) is 0 Å². The Morgan fingerprint density at radius 1 is 1.37 bits per heavy atom. The number of imide groups is 1. The van der Waals surface area contributed by atoms with E-state index in [0.717, 1.165) is 0 Å². The van der Waals surface area contributed by atoms with Crippen molar-refractivity contribution < 1.29 is 24.3 Å². The number of urea groups is 1. The van der Waals surface area contributed by atoms with Gasteiger partial charge in [-0.3, -0.25) is 19.7 Å². The molecule has 4 amide bonds. The third-order valence-electron chi connectivity index (χ3n) is 3.04. The molecule has 8 nitrogen and oxygen atoms in total. The van der Waals surface area contributed by atoms with Gasteiger partial charge in [-0.1, -0.05) is 0 Å². The number of piperidine rings is 1. The molecule has 0 aromatic rings. The minimum Gasteiger partial charge on any atom is -0.481 e. The molecule has 0 aromatic carbocycles. The largest absolute Gasteiger partial charge is 0.481 e. The monoisotopic (exact) mass is 271 g/mol. The van der Waals surface area contributed by atoms with Gasteiger partial charge in [0.15, 0.2) is 0 Å². The lowest BCUT2D eigenvalue weighted by Gasteiger charge is -2.24. The maximum atomic E-state index is 11.6. The summed E-state index contributed by atoms with van der Waals surface area (Å²) in [7, 11) is 0. The van der Waals surface area contributed by atoms with Gasteiger partial charge in [-0.25, -0.2) is 4.79 Å². The lowest BCUT2D eigenvalue weighted by molar-refractivity contribution is -0.142. The van der Waals surface area contributed by atoms with Crippen LogP contribution in [0.1, 0.15) is 26.7 Å². The molecular formula is C11H17N3O5. The van der Waals surface area contributed by atoms with Crippen molar-refractivity contribution in [1.29, 1.82) is 0 Å². The summed E-state index contributed by atoms with van der Waals surface area (Å²) in [6.07, 6.45) is 0.402. The van der Waals surface area contributed by atoms with Crippen molar-refractivity contribution >= 4 is 23.8 Å². The first-order valence-electron chi connectivity index (χ1n) is 5.94. The van der Waals surface area contributed by atoms with Crippen LogP contribution < -0.4 is 16.0 Å². The molecular weight excluding hydrogens is 254 g/mol. The fraction of sp³-hybridized carbons (Fsp3) is 0.636. The number of rotatable bonds is 4. The SMILES string of the molecule is CC(NC(=O)NC1CCC(=O)NC1=O)C(C)C(=O)O. The van der Waals surface area contributed by atoms with Crippen LogP contribution in [0.5, 0.6) is 0 Å². The van der Waals surface area contributed by atoms with Gasteiger partial charge in [0.1, 0.15) is 6.04 Å². The second-order valence-electron chi connectivity index (χ2n) is 4.54. The number of amides is 4. The molecule has 0 radical (unpaired) electrons. The van der Waals surface area contributed by atoms with E-state index in [9.17, 15) is 19.2 Å². The summed E-state index contributed by atoms with van der Waals surface area (Å²) in [5.41, 5.74) is 0. The summed E-state index contributed by atoms with van der Waals surface area (Å²) in [6.45, 7) is 3.03. The van der Waals surface area contributed by atoms with Gasteiger partial charge in [-0.2, -0.15) is 0 Å². The number of nitrogens with one attached hydrogen (secondary N) is 3. The Bertz CT molecular complexity index is 409. The summed E-state index contributed by atoms with van der Waals surface area (Å²) >= 11 is 0. The maximum Gasteiger partial charge on any atom is 0.315 e. The van der Waals surface area contributed by atoms with Crippen LogP contribution in [-0.4, -0.2) is 41.0 Å². The molecule has 19 heavy (non-hydrogen) atoms. The Morgan fingerprint density at radius 3 is 2.53 bits per heavy atom. The summed E-state index contributed by atoms with van der Waals surface area (Å²) in [4.78, 5) is 44.6. The summed E-state index contributed by atoms with van der Waals surface area (Å²) in [6, 6.07) is -1.98. The molecule has 1 fully saturated rings. The fourth-order valence-corrected chi connectivity index (χ4v) is 1.58. The van der Waals surface area contributed by atoms with Gasteiger partial charge in [-0.15, -0.1) is 0 Å². The van der Waals surface area contributed by atoms with Crippen molar-refractivity contribution in [3.8, 4) is 0 Å². The number of carboxylic acid groups (broad SMARTS) is 1. The van der Waals surface area contributed by atoms with Crippen LogP contribution in [-0.2, 0) is 14.4 Å². The highest BCUT2D eigenvalue weighted by molar-refractivity contribution is 6.01. The van der Waals surface area contributed by atoms with Gasteiger partial charge in [0, 0.05) is 12.5 Å². The molecule has 0 spiro atoms. The predicted octanol–water partition coefficient (Wildman–Crippen LogP) is -0.800. The third kappa shape index (κ3) is 4.23. The normalized spacial score (nSPS) is 22.1. The molecule has 0 aromatic heterocycles. The minimum atomic E-state index is -1.02. The second-order valence-corrected chi connectivity index (χ2v) is 4.54. The van der Waals surface area contributed by atoms with Crippen molar-refractivity contribution in [3.05, 3.63) is 0 Å². The molecule has 106 valence electrons. The van der Waals surface area contributed by atoms with E-state index in [1.54, 1.807) is 6.92 Å².